The van der Waals surface area contributed by atoms with Gasteiger partial charge in [0.05, 0.1) is 12.5 Å². The molecule has 2 bridgehead atoms. The zero-order valence-corrected chi connectivity index (χ0v) is 14.2. The van der Waals surface area contributed by atoms with Gasteiger partial charge in [0, 0.05) is 31.1 Å². The van der Waals surface area contributed by atoms with Crippen LogP contribution >= 0.6 is 0 Å². The fourth-order valence-corrected chi connectivity index (χ4v) is 4.48. The quantitative estimate of drug-likeness (QED) is 0.793. The summed E-state index contributed by atoms with van der Waals surface area (Å²) in [5.74, 6) is 0.189. The summed E-state index contributed by atoms with van der Waals surface area (Å²) in [5, 5.41) is 0. The third-order valence-electron chi connectivity index (χ3n) is 5.72. The highest BCUT2D eigenvalue weighted by Gasteiger charge is 2.47. The second-order valence-electron chi connectivity index (χ2n) is 7.56. The highest BCUT2D eigenvalue weighted by molar-refractivity contribution is 5.73. The van der Waals surface area contributed by atoms with Gasteiger partial charge in [-0.3, -0.25) is 9.78 Å². The molecular formula is C20H26N2O2. The Balaban J connectivity index is 1.49. The second kappa shape index (κ2) is 6.58. The lowest BCUT2D eigenvalue weighted by molar-refractivity contribution is -0.167. The van der Waals surface area contributed by atoms with Crippen LogP contribution in [0.5, 0.6) is 0 Å². The Labute approximate surface area is 143 Å². The highest BCUT2D eigenvalue weighted by Crippen LogP contribution is 2.42. The molecule has 3 aliphatic rings. The van der Waals surface area contributed by atoms with Crippen molar-refractivity contribution >= 4 is 12.0 Å². The van der Waals surface area contributed by atoms with Gasteiger partial charge in [0.1, 0.15) is 5.60 Å². The highest BCUT2D eigenvalue weighted by atomic mass is 16.6. The molecule has 0 radical (unpaired) electrons. The molecule has 4 heteroatoms. The lowest BCUT2D eigenvalue weighted by Gasteiger charge is -2.35. The maximum Gasteiger partial charge on any atom is 0.309 e. The molecule has 1 aromatic heterocycles. The Morgan fingerprint density at radius 2 is 2.17 bits per heavy atom. The number of ether oxygens (including phenoxy) is 1. The predicted molar refractivity (Wildman–Crippen MR) is 93.0 cm³/mol. The number of hydrogen-bond donors (Lipinski definition) is 0. The van der Waals surface area contributed by atoms with Crippen molar-refractivity contribution in [3.63, 3.8) is 0 Å². The van der Waals surface area contributed by atoms with Gasteiger partial charge in [-0.25, -0.2) is 0 Å². The normalized spacial score (nSPS) is 29.0. The number of rotatable bonds is 3. The van der Waals surface area contributed by atoms with Gasteiger partial charge in [0.2, 0.25) is 0 Å². The number of fused-ring (bicyclic) bond motifs is 2. The Bertz CT molecular complexity index is 622. The second-order valence-corrected chi connectivity index (χ2v) is 7.56. The summed E-state index contributed by atoms with van der Waals surface area (Å²) in [7, 11) is 0. The van der Waals surface area contributed by atoms with E-state index in [1.165, 1.54) is 25.0 Å². The molecule has 1 aromatic rings. The van der Waals surface area contributed by atoms with Gasteiger partial charge >= 0.3 is 5.97 Å². The maximum atomic E-state index is 12.6. The van der Waals surface area contributed by atoms with Crippen LogP contribution in [0.15, 0.2) is 30.2 Å². The van der Waals surface area contributed by atoms with E-state index in [1.807, 2.05) is 12.3 Å². The molecule has 2 saturated heterocycles. The van der Waals surface area contributed by atoms with Crippen molar-refractivity contribution in [3.8, 4) is 0 Å². The average Bonchev–Trinajstić information content (AvgIpc) is 2.86. The average molecular weight is 326 g/mol. The first-order valence-electron chi connectivity index (χ1n) is 9.33. The SMILES string of the molecule is O=C(OC12CCCN(C1)/C(=C/c1cccnc1)C2)C1CCCCC1. The van der Waals surface area contributed by atoms with Crippen molar-refractivity contribution in [2.45, 2.75) is 57.0 Å². The van der Waals surface area contributed by atoms with Crippen LogP contribution in [0.4, 0.5) is 0 Å². The summed E-state index contributed by atoms with van der Waals surface area (Å²) in [6.45, 7) is 1.92. The predicted octanol–water partition coefficient (Wildman–Crippen LogP) is 3.78. The Morgan fingerprint density at radius 3 is 2.96 bits per heavy atom. The molecule has 3 heterocycles. The zero-order valence-electron chi connectivity index (χ0n) is 14.2. The van der Waals surface area contributed by atoms with Gasteiger partial charge in [-0.1, -0.05) is 25.3 Å². The Hall–Kier alpha value is -1.84. The number of aromatic nitrogens is 1. The van der Waals surface area contributed by atoms with E-state index in [4.69, 9.17) is 4.74 Å². The molecule has 0 spiro atoms. The molecule has 0 N–H and O–H groups in total. The van der Waals surface area contributed by atoms with E-state index >= 15 is 0 Å². The number of piperidine rings is 1. The monoisotopic (exact) mass is 326 g/mol. The van der Waals surface area contributed by atoms with Crippen LogP contribution < -0.4 is 0 Å². The summed E-state index contributed by atoms with van der Waals surface area (Å²) >= 11 is 0. The number of nitrogens with zero attached hydrogens (tertiary/aromatic N) is 2. The summed E-state index contributed by atoms with van der Waals surface area (Å²) < 4.78 is 6.14. The first-order valence-corrected chi connectivity index (χ1v) is 9.33. The van der Waals surface area contributed by atoms with Crippen molar-refractivity contribution in [1.82, 2.24) is 9.88 Å². The van der Waals surface area contributed by atoms with E-state index in [-0.39, 0.29) is 17.5 Å². The molecule has 2 aliphatic heterocycles. The van der Waals surface area contributed by atoms with Crippen LogP contribution in [0.2, 0.25) is 0 Å². The van der Waals surface area contributed by atoms with E-state index < -0.39 is 0 Å². The van der Waals surface area contributed by atoms with Crippen LogP contribution in [0.25, 0.3) is 6.08 Å². The molecule has 1 atom stereocenters. The number of esters is 1. The Morgan fingerprint density at radius 1 is 1.29 bits per heavy atom. The third kappa shape index (κ3) is 3.19. The van der Waals surface area contributed by atoms with Crippen LogP contribution in [-0.4, -0.2) is 34.5 Å². The smallest absolute Gasteiger partial charge is 0.309 e. The van der Waals surface area contributed by atoms with Crippen molar-refractivity contribution in [1.29, 1.82) is 0 Å². The van der Waals surface area contributed by atoms with Crippen molar-refractivity contribution < 1.29 is 9.53 Å². The maximum absolute atomic E-state index is 12.6. The summed E-state index contributed by atoms with van der Waals surface area (Å²) in [6.07, 6.45) is 14.5. The number of hydrogen-bond acceptors (Lipinski definition) is 4. The molecule has 1 aliphatic carbocycles. The third-order valence-corrected chi connectivity index (χ3v) is 5.72. The molecule has 3 fully saturated rings. The molecule has 24 heavy (non-hydrogen) atoms. The van der Waals surface area contributed by atoms with Crippen molar-refractivity contribution in [2.75, 3.05) is 13.1 Å². The fourth-order valence-electron chi connectivity index (χ4n) is 4.48. The van der Waals surface area contributed by atoms with Crippen molar-refractivity contribution in [3.05, 3.63) is 35.8 Å². The lowest BCUT2D eigenvalue weighted by atomic mass is 9.88. The van der Waals surface area contributed by atoms with Gasteiger partial charge in [0.25, 0.3) is 0 Å². The molecule has 1 unspecified atom stereocenters. The number of carbonyl (C=O) groups excluding carboxylic acids is 1. The molecule has 4 rings (SSSR count). The van der Waals surface area contributed by atoms with E-state index in [9.17, 15) is 4.79 Å². The standard InChI is InChI=1S/C20H26N2O2/c23-19(17-7-2-1-3-8-17)24-20-9-5-11-22(15-20)18(13-20)12-16-6-4-10-21-14-16/h4,6,10,12,14,17H,1-3,5,7-9,11,13,15H2/b18-12+. The minimum absolute atomic E-state index is 0.0548. The van der Waals surface area contributed by atoms with Crippen LogP contribution in [0.1, 0.15) is 56.9 Å². The summed E-state index contributed by atoms with van der Waals surface area (Å²) in [4.78, 5) is 19.2. The van der Waals surface area contributed by atoms with Gasteiger partial charge < -0.3 is 9.64 Å². The largest absolute Gasteiger partial charge is 0.457 e. The van der Waals surface area contributed by atoms with Gasteiger partial charge in [0.15, 0.2) is 0 Å². The Kier molecular flexibility index (Phi) is 4.30. The molecule has 0 aromatic carbocycles. The van der Waals surface area contributed by atoms with Gasteiger partial charge in [-0.2, -0.15) is 0 Å². The summed E-state index contributed by atoms with van der Waals surface area (Å²) in [5.41, 5.74) is 2.12. The van der Waals surface area contributed by atoms with E-state index in [0.29, 0.717) is 0 Å². The first kappa shape index (κ1) is 15.7. The minimum Gasteiger partial charge on any atom is -0.457 e. The van der Waals surface area contributed by atoms with E-state index in [0.717, 1.165) is 50.8 Å². The van der Waals surface area contributed by atoms with Crippen LogP contribution in [-0.2, 0) is 9.53 Å². The first-order chi connectivity index (χ1) is 11.7. The van der Waals surface area contributed by atoms with Gasteiger partial charge in [-0.05, 0) is 43.4 Å². The molecule has 1 saturated carbocycles. The molecule has 128 valence electrons. The van der Waals surface area contributed by atoms with Gasteiger partial charge in [-0.15, -0.1) is 0 Å². The fraction of sp³-hybridized carbons (Fsp3) is 0.600. The topological polar surface area (TPSA) is 42.4 Å². The van der Waals surface area contributed by atoms with Crippen molar-refractivity contribution in [2.24, 2.45) is 5.92 Å². The summed E-state index contributed by atoms with van der Waals surface area (Å²) in [6, 6.07) is 4.03. The molecule has 4 nitrogen and oxygen atoms in total. The number of carbonyl (C=O) groups is 1. The van der Waals surface area contributed by atoms with E-state index in [1.54, 1.807) is 6.20 Å². The molecular weight excluding hydrogens is 300 g/mol. The minimum atomic E-state index is -0.291. The zero-order chi connectivity index (χ0) is 16.4. The lowest BCUT2D eigenvalue weighted by Crippen LogP contribution is -2.43. The number of pyridine rings is 1. The van der Waals surface area contributed by atoms with Crippen LogP contribution in [0, 0.1) is 5.92 Å². The molecule has 0 amide bonds. The van der Waals surface area contributed by atoms with Crippen LogP contribution in [0.3, 0.4) is 0 Å². The van der Waals surface area contributed by atoms with E-state index in [2.05, 4.69) is 22.0 Å².